The Morgan fingerprint density at radius 2 is 1.84 bits per heavy atom. The monoisotopic (exact) mass is 486 g/mol. The van der Waals surface area contributed by atoms with Crippen LogP contribution >= 0.6 is 15.9 Å². The Balaban J connectivity index is 1.94. The third kappa shape index (κ3) is 4.41. The van der Waals surface area contributed by atoms with Crippen molar-refractivity contribution >= 4 is 32.8 Å². The van der Waals surface area contributed by atoms with E-state index in [4.69, 9.17) is 4.74 Å². The molecule has 0 amide bonds. The maximum atomic E-state index is 13.5. The number of fused-ring (bicyclic) bond motifs is 1. The first kappa shape index (κ1) is 20.9. The van der Waals surface area contributed by atoms with Crippen LogP contribution < -0.4 is 15.6 Å². The van der Waals surface area contributed by atoms with Crippen LogP contribution in [0.3, 0.4) is 0 Å². The van der Waals surface area contributed by atoms with E-state index in [2.05, 4.69) is 31.2 Å². The molecule has 9 heteroatoms. The van der Waals surface area contributed by atoms with E-state index in [0.717, 1.165) is 4.47 Å². The van der Waals surface area contributed by atoms with Crippen LogP contribution in [-0.2, 0) is 0 Å². The van der Waals surface area contributed by atoms with E-state index in [1.54, 1.807) is 49.7 Å². The minimum Gasteiger partial charge on any atom is -0.497 e. The molecule has 0 saturated heterocycles. The molecular formula is C22H17BrF2N4O2. The highest BCUT2D eigenvalue weighted by molar-refractivity contribution is 9.10. The number of nitrogens with one attached hydrogen (secondary N) is 1. The molecule has 0 aliphatic heterocycles. The molecule has 2 heterocycles. The van der Waals surface area contributed by atoms with Gasteiger partial charge in [-0.1, -0.05) is 28.1 Å². The maximum absolute atomic E-state index is 13.5. The first-order valence-electron chi connectivity index (χ1n) is 9.31. The molecule has 0 saturated carbocycles. The normalized spacial score (nSPS) is 11.1. The topological polar surface area (TPSA) is 69.0 Å². The van der Waals surface area contributed by atoms with Gasteiger partial charge in [0.15, 0.2) is 0 Å². The van der Waals surface area contributed by atoms with Crippen LogP contribution in [-0.4, -0.2) is 34.6 Å². The fourth-order valence-corrected chi connectivity index (χ4v) is 3.43. The van der Waals surface area contributed by atoms with E-state index in [1.165, 1.54) is 10.8 Å². The summed E-state index contributed by atoms with van der Waals surface area (Å²) in [7, 11) is 1.57. The number of alkyl halides is 2. The van der Waals surface area contributed by atoms with E-state index in [-0.39, 0.29) is 11.5 Å². The third-order valence-electron chi connectivity index (χ3n) is 4.65. The van der Waals surface area contributed by atoms with Gasteiger partial charge in [0.05, 0.1) is 24.7 Å². The summed E-state index contributed by atoms with van der Waals surface area (Å²) in [5.74, 6) is 0.705. The second kappa shape index (κ2) is 8.81. The van der Waals surface area contributed by atoms with Crippen LogP contribution in [0, 0.1) is 0 Å². The molecule has 158 valence electrons. The molecule has 0 spiro atoms. The Morgan fingerprint density at radius 3 is 2.48 bits per heavy atom. The number of methoxy groups -OCH3 is 1. The zero-order valence-corrected chi connectivity index (χ0v) is 17.9. The van der Waals surface area contributed by atoms with E-state index < -0.39 is 13.0 Å². The predicted molar refractivity (Wildman–Crippen MR) is 119 cm³/mol. The molecule has 0 fully saturated rings. The molecule has 31 heavy (non-hydrogen) atoms. The molecule has 0 atom stereocenters. The zero-order valence-electron chi connectivity index (χ0n) is 16.3. The number of halogens is 3. The van der Waals surface area contributed by atoms with Gasteiger partial charge in [-0.25, -0.2) is 18.7 Å². The Kier molecular flexibility index (Phi) is 5.94. The van der Waals surface area contributed by atoms with Gasteiger partial charge in [0.2, 0.25) is 5.95 Å². The molecule has 0 aliphatic rings. The summed E-state index contributed by atoms with van der Waals surface area (Å²) in [6.45, 7) is -0.581. The summed E-state index contributed by atoms with van der Waals surface area (Å²) < 4.78 is 32.7. The van der Waals surface area contributed by atoms with Crippen LogP contribution in [0.5, 0.6) is 5.75 Å². The van der Waals surface area contributed by atoms with E-state index >= 15 is 0 Å². The van der Waals surface area contributed by atoms with Crippen LogP contribution in [0.25, 0.3) is 27.7 Å². The third-order valence-corrected chi connectivity index (χ3v) is 5.18. The second-order valence-corrected chi connectivity index (χ2v) is 7.57. The Morgan fingerprint density at radius 1 is 1.13 bits per heavy atom. The van der Waals surface area contributed by atoms with Crippen molar-refractivity contribution in [1.82, 2.24) is 14.5 Å². The highest BCUT2D eigenvalue weighted by Crippen LogP contribution is 2.27. The molecule has 0 bridgehead atoms. The summed E-state index contributed by atoms with van der Waals surface area (Å²) in [4.78, 5) is 22.0. The van der Waals surface area contributed by atoms with E-state index in [0.29, 0.717) is 33.5 Å². The van der Waals surface area contributed by atoms with Gasteiger partial charge in [-0.05, 0) is 42.0 Å². The lowest BCUT2D eigenvalue weighted by Crippen LogP contribution is -2.21. The summed E-state index contributed by atoms with van der Waals surface area (Å²) in [6.07, 6.45) is 0.602. The van der Waals surface area contributed by atoms with Gasteiger partial charge >= 0.3 is 0 Å². The van der Waals surface area contributed by atoms with Gasteiger partial charge in [0.25, 0.3) is 12.0 Å². The molecule has 0 radical (unpaired) electrons. The number of pyridine rings is 1. The molecule has 2 aromatic carbocycles. The molecule has 1 N–H and O–H groups in total. The van der Waals surface area contributed by atoms with Gasteiger partial charge in [0.1, 0.15) is 5.75 Å². The number of nitrogens with zero attached hydrogens (tertiary/aromatic N) is 3. The second-order valence-electron chi connectivity index (χ2n) is 6.65. The minimum absolute atomic E-state index is 0.0350. The smallest absolute Gasteiger partial charge is 0.265 e. The molecule has 4 rings (SSSR count). The van der Waals surface area contributed by atoms with Gasteiger partial charge in [-0.2, -0.15) is 0 Å². The lowest BCUT2D eigenvalue weighted by Gasteiger charge is -2.13. The van der Waals surface area contributed by atoms with E-state index in [1.807, 2.05) is 12.1 Å². The largest absolute Gasteiger partial charge is 0.497 e. The fraction of sp³-hybridized carbons (Fsp3) is 0.136. The predicted octanol–water partition coefficient (Wildman–Crippen LogP) is 4.90. The lowest BCUT2D eigenvalue weighted by molar-refractivity contribution is 0.163. The Hall–Kier alpha value is -3.33. The average molecular weight is 487 g/mol. The van der Waals surface area contributed by atoms with Crippen LogP contribution in [0.2, 0.25) is 0 Å². The lowest BCUT2D eigenvalue weighted by atomic mass is 10.0. The van der Waals surface area contributed by atoms with Crippen molar-refractivity contribution in [3.8, 4) is 22.6 Å². The van der Waals surface area contributed by atoms with Crippen molar-refractivity contribution in [1.29, 1.82) is 0 Å². The number of ether oxygens (including phenoxy) is 1. The summed E-state index contributed by atoms with van der Waals surface area (Å²) >= 11 is 3.39. The quantitative estimate of drug-likeness (QED) is 0.419. The van der Waals surface area contributed by atoms with Gasteiger partial charge in [-0.15, -0.1) is 0 Å². The van der Waals surface area contributed by atoms with Gasteiger partial charge < -0.3 is 10.1 Å². The number of hydrogen-bond acceptors (Lipinski definition) is 5. The van der Waals surface area contributed by atoms with Crippen molar-refractivity contribution in [3.63, 3.8) is 0 Å². The molecule has 0 unspecified atom stereocenters. The van der Waals surface area contributed by atoms with Crippen molar-refractivity contribution in [2.75, 3.05) is 19.0 Å². The first-order chi connectivity index (χ1) is 15.0. The Labute approximate surface area is 184 Å². The van der Waals surface area contributed by atoms with Crippen LogP contribution in [0.1, 0.15) is 0 Å². The van der Waals surface area contributed by atoms with Crippen LogP contribution in [0.15, 0.2) is 70.2 Å². The highest BCUT2D eigenvalue weighted by Gasteiger charge is 2.16. The number of anilines is 1. The molecule has 4 aromatic rings. The number of hydrogen-bond donors (Lipinski definition) is 1. The van der Waals surface area contributed by atoms with Crippen LogP contribution in [0.4, 0.5) is 14.7 Å². The van der Waals surface area contributed by atoms with E-state index in [9.17, 15) is 13.6 Å². The fourth-order valence-electron chi connectivity index (χ4n) is 3.17. The van der Waals surface area contributed by atoms with Crippen molar-refractivity contribution < 1.29 is 13.5 Å². The SMILES string of the molecule is COc1ccc(-n2cc3cnc(NCC(F)F)nc3c(-c3ccc(Br)cc3)c2=O)cc1. The minimum atomic E-state index is -2.55. The summed E-state index contributed by atoms with van der Waals surface area (Å²) in [6, 6.07) is 14.3. The van der Waals surface area contributed by atoms with Gasteiger partial charge in [-0.3, -0.25) is 9.36 Å². The molecule has 2 aromatic heterocycles. The maximum Gasteiger partial charge on any atom is 0.265 e. The first-order valence-corrected chi connectivity index (χ1v) is 10.1. The van der Waals surface area contributed by atoms with Gasteiger partial charge in [0, 0.05) is 27.9 Å². The Bertz CT molecular complexity index is 1280. The molecule has 6 nitrogen and oxygen atoms in total. The number of aromatic nitrogens is 3. The van der Waals surface area contributed by atoms with Crippen molar-refractivity contribution in [2.45, 2.75) is 6.43 Å². The molecule has 0 aliphatic carbocycles. The summed E-state index contributed by atoms with van der Waals surface area (Å²) in [5, 5.41) is 3.09. The van der Waals surface area contributed by atoms with Crippen molar-refractivity contribution in [3.05, 3.63) is 75.8 Å². The number of benzene rings is 2. The summed E-state index contributed by atoms with van der Waals surface area (Å²) in [5.41, 5.74) is 1.73. The van der Waals surface area contributed by atoms with Crippen molar-refractivity contribution in [2.24, 2.45) is 0 Å². The average Bonchev–Trinajstić information content (AvgIpc) is 2.78. The number of rotatable bonds is 6. The standard InChI is InChI=1S/C22H17BrF2N4O2/c1-31-17-8-6-16(7-9-17)29-12-14-10-26-22(27-11-18(24)25)28-20(14)19(21(29)30)13-2-4-15(23)5-3-13/h2-10,12,18H,11H2,1H3,(H,27,28). The highest BCUT2D eigenvalue weighted by atomic mass is 79.9. The molecular weight excluding hydrogens is 470 g/mol. The zero-order chi connectivity index (χ0) is 22.0.